The molecule has 0 spiro atoms. The summed E-state index contributed by atoms with van der Waals surface area (Å²) < 4.78 is 1.37. The van der Waals surface area contributed by atoms with Crippen molar-refractivity contribution in [2.45, 2.75) is 49.8 Å². The Morgan fingerprint density at radius 3 is 2.28 bits per heavy atom. The third-order valence-electron chi connectivity index (χ3n) is 4.69. The molecule has 0 aliphatic carbocycles. The molecule has 150 valence electrons. The van der Waals surface area contributed by atoms with Crippen molar-refractivity contribution in [2.75, 3.05) is 0 Å². The maximum absolute atomic E-state index is 13.0. The molecule has 0 atom stereocenters. The van der Waals surface area contributed by atoms with E-state index in [1.807, 2.05) is 24.3 Å². The highest BCUT2D eigenvalue weighted by molar-refractivity contribution is 7.99. The molecular formula is C22H23N3O3S. The number of nitro benzene ring substituents is 1. The van der Waals surface area contributed by atoms with E-state index in [4.69, 9.17) is 0 Å². The predicted molar refractivity (Wildman–Crippen MR) is 114 cm³/mol. The summed E-state index contributed by atoms with van der Waals surface area (Å²) in [6.45, 7) is 9.97. The number of hydrogen-bond acceptors (Lipinski definition) is 5. The van der Waals surface area contributed by atoms with Gasteiger partial charge in [0, 0.05) is 11.6 Å². The van der Waals surface area contributed by atoms with Crippen LogP contribution in [0.3, 0.4) is 0 Å². The fourth-order valence-electron chi connectivity index (χ4n) is 3.01. The highest BCUT2D eigenvalue weighted by Gasteiger charge is 2.22. The largest absolute Gasteiger partial charge is 0.283 e. The highest BCUT2D eigenvalue weighted by atomic mass is 32.2. The highest BCUT2D eigenvalue weighted by Crippen LogP contribution is 2.38. The van der Waals surface area contributed by atoms with E-state index in [-0.39, 0.29) is 17.0 Å². The van der Waals surface area contributed by atoms with Gasteiger partial charge in [0.15, 0.2) is 0 Å². The number of carbonyl (C=O) groups excluding carboxylic acids is 1. The number of para-hydroxylation sites is 1. The molecule has 0 saturated heterocycles. The van der Waals surface area contributed by atoms with Gasteiger partial charge in [0.05, 0.1) is 26.1 Å². The van der Waals surface area contributed by atoms with Crippen molar-refractivity contribution in [1.82, 2.24) is 9.78 Å². The number of aryl methyl sites for hydroxylation is 1. The number of aromatic nitrogens is 2. The van der Waals surface area contributed by atoms with Crippen LogP contribution in [0.1, 0.15) is 48.1 Å². The number of nitro groups is 1. The summed E-state index contributed by atoms with van der Waals surface area (Å²) in [4.78, 5) is 25.2. The summed E-state index contributed by atoms with van der Waals surface area (Å²) in [5.41, 5.74) is 3.06. The average Bonchev–Trinajstić information content (AvgIpc) is 2.95. The topological polar surface area (TPSA) is 78.0 Å². The van der Waals surface area contributed by atoms with Crippen molar-refractivity contribution in [3.63, 3.8) is 0 Å². The van der Waals surface area contributed by atoms with Gasteiger partial charge in [-0.25, -0.2) is 0 Å². The van der Waals surface area contributed by atoms with Gasteiger partial charge in [-0.1, -0.05) is 56.8 Å². The number of benzene rings is 2. The van der Waals surface area contributed by atoms with E-state index >= 15 is 0 Å². The second kappa shape index (κ2) is 7.83. The minimum atomic E-state index is -0.403. The van der Waals surface area contributed by atoms with Gasteiger partial charge in [-0.05, 0) is 43.0 Å². The van der Waals surface area contributed by atoms with Crippen LogP contribution >= 0.6 is 11.8 Å². The Bertz CT molecular complexity index is 1080. The first-order valence-electron chi connectivity index (χ1n) is 9.22. The lowest BCUT2D eigenvalue weighted by atomic mass is 9.87. The fraction of sp³-hybridized carbons (Fsp3) is 0.273. The second-order valence-corrected chi connectivity index (χ2v) is 8.92. The van der Waals surface area contributed by atoms with Gasteiger partial charge in [0.25, 0.3) is 11.6 Å². The van der Waals surface area contributed by atoms with E-state index < -0.39 is 4.92 Å². The first kappa shape index (κ1) is 20.8. The standard InChI is InChI=1S/C22H23N3O3S/c1-14-20(29-19-9-7-6-8-18(19)25(27)28)15(2)24(23-14)21(26)16-10-12-17(13-11-16)22(3,4)5/h6-13H,1-5H3. The van der Waals surface area contributed by atoms with Crippen LogP contribution < -0.4 is 0 Å². The smallest absolute Gasteiger partial charge is 0.267 e. The van der Waals surface area contributed by atoms with Crippen molar-refractivity contribution in [3.8, 4) is 0 Å². The Kier molecular flexibility index (Phi) is 5.61. The molecular weight excluding hydrogens is 386 g/mol. The molecule has 0 amide bonds. The third-order valence-corrected chi connectivity index (χ3v) is 6.05. The minimum absolute atomic E-state index is 0.00793. The number of hydrogen-bond donors (Lipinski definition) is 0. The quantitative estimate of drug-likeness (QED) is 0.417. The van der Waals surface area contributed by atoms with Crippen LogP contribution in [0.2, 0.25) is 0 Å². The molecule has 0 aliphatic heterocycles. The van der Waals surface area contributed by atoms with E-state index in [2.05, 4.69) is 25.9 Å². The Balaban J connectivity index is 1.94. The molecule has 0 radical (unpaired) electrons. The number of carbonyl (C=O) groups is 1. The Morgan fingerprint density at radius 2 is 1.69 bits per heavy atom. The first-order chi connectivity index (χ1) is 13.6. The molecule has 3 rings (SSSR count). The van der Waals surface area contributed by atoms with Gasteiger partial charge in [0.1, 0.15) is 0 Å². The maximum Gasteiger partial charge on any atom is 0.283 e. The molecule has 6 nitrogen and oxygen atoms in total. The Hall–Kier alpha value is -2.93. The Labute approximate surface area is 174 Å². The zero-order chi connectivity index (χ0) is 21.3. The van der Waals surface area contributed by atoms with Gasteiger partial charge in [-0.15, -0.1) is 0 Å². The van der Waals surface area contributed by atoms with Gasteiger partial charge in [0.2, 0.25) is 0 Å². The third kappa shape index (κ3) is 4.24. The maximum atomic E-state index is 13.0. The summed E-state index contributed by atoms with van der Waals surface area (Å²) in [6.07, 6.45) is 0. The molecule has 0 unspecified atom stereocenters. The van der Waals surface area contributed by atoms with Crippen LogP contribution in [0.15, 0.2) is 58.3 Å². The summed E-state index contributed by atoms with van der Waals surface area (Å²) in [7, 11) is 0. The van der Waals surface area contributed by atoms with E-state index in [0.717, 1.165) is 10.5 Å². The second-order valence-electron chi connectivity index (χ2n) is 7.87. The number of rotatable bonds is 4. The van der Waals surface area contributed by atoms with E-state index in [0.29, 0.717) is 21.8 Å². The SMILES string of the molecule is Cc1nn(C(=O)c2ccc(C(C)(C)C)cc2)c(C)c1Sc1ccccc1[N+](=O)[O-]. The predicted octanol–water partition coefficient (Wildman–Crippen LogP) is 5.55. The van der Waals surface area contributed by atoms with Crippen molar-refractivity contribution in [3.05, 3.63) is 81.2 Å². The lowest BCUT2D eigenvalue weighted by Crippen LogP contribution is -2.16. The van der Waals surface area contributed by atoms with Crippen LogP contribution in [0.25, 0.3) is 0 Å². The molecule has 2 aromatic carbocycles. The van der Waals surface area contributed by atoms with E-state index in [9.17, 15) is 14.9 Å². The lowest BCUT2D eigenvalue weighted by molar-refractivity contribution is -0.387. The van der Waals surface area contributed by atoms with Gasteiger partial charge < -0.3 is 0 Å². The van der Waals surface area contributed by atoms with Crippen LogP contribution in [0.4, 0.5) is 5.69 Å². The van der Waals surface area contributed by atoms with Gasteiger partial charge in [-0.3, -0.25) is 14.9 Å². The van der Waals surface area contributed by atoms with Crippen LogP contribution in [0, 0.1) is 24.0 Å². The van der Waals surface area contributed by atoms with E-state index in [1.165, 1.54) is 22.5 Å². The van der Waals surface area contributed by atoms with Crippen molar-refractivity contribution >= 4 is 23.4 Å². The van der Waals surface area contributed by atoms with Gasteiger partial charge >= 0.3 is 0 Å². The lowest BCUT2D eigenvalue weighted by Gasteiger charge is -2.19. The summed E-state index contributed by atoms with van der Waals surface area (Å²) in [6, 6.07) is 14.1. The van der Waals surface area contributed by atoms with Crippen LogP contribution in [0.5, 0.6) is 0 Å². The molecule has 7 heteroatoms. The van der Waals surface area contributed by atoms with Crippen LogP contribution in [-0.4, -0.2) is 20.6 Å². The molecule has 1 heterocycles. The molecule has 0 bridgehead atoms. The summed E-state index contributed by atoms with van der Waals surface area (Å²) >= 11 is 1.26. The Morgan fingerprint density at radius 1 is 1.07 bits per heavy atom. The molecule has 0 saturated carbocycles. The van der Waals surface area contributed by atoms with Crippen molar-refractivity contribution in [2.24, 2.45) is 0 Å². The summed E-state index contributed by atoms with van der Waals surface area (Å²) in [5.74, 6) is -0.222. The van der Waals surface area contributed by atoms with Crippen LogP contribution in [-0.2, 0) is 5.41 Å². The number of nitrogens with zero attached hydrogens (tertiary/aromatic N) is 3. The molecule has 0 N–H and O–H groups in total. The average molecular weight is 410 g/mol. The fourth-order valence-corrected chi connectivity index (χ4v) is 4.05. The normalized spacial score (nSPS) is 11.5. The zero-order valence-electron chi connectivity index (χ0n) is 17.1. The summed E-state index contributed by atoms with van der Waals surface area (Å²) in [5, 5.41) is 15.7. The zero-order valence-corrected chi connectivity index (χ0v) is 17.9. The van der Waals surface area contributed by atoms with E-state index in [1.54, 1.807) is 32.0 Å². The molecule has 3 aromatic rings. The van der Waals surface area contributed by atoms with Crippen molar-refractivity contribution in [1.29, 1.82) is 0 Å². The monoisotopic (exact) mass is 409 g/mol. The molecule has 1 aromatic heterocycles. The first-order valence-corrected chi connectivity index (χ1v) is 10.0. The van der Waals surface area contributed by atoms with Gasteiger partial charge in [-0.2, -0.15) is 9.78 Å². The van der Waals surface area contributed by atoms with Crippen molar-refractivity contribution < 1.29 is 9.72 Å². The molecule has 29 heavy (non-hydrogen) atoms. The molecule has 0 fully saturated rings. The molecule has 0 aliphatic rings. The minimum Gasteiger partial charge on any atom is -0.267 e.